The Morgan fingerprint density at radius 3 is 1.35 bits per heavy atom. The van der Waals surface area contributed by atoms with E-state index >= 15 is 0 Å². The van der Waals surface area contributed by atoms with Crippen molar-refractivity contribution >= 4 is 23.2 Å². The number of hydrogen-bond donors (Lipinski definition) is 0. The Morgan fingerprint density at radius 2 is 1.00 bits per heavy atom. The van der Waals surface area contributed by atoms with Gasteiger partial charge in [-0.25, -0.2) is 0 Å². The topological polar surface area (TPSA) is 18.5 Å². The average Bonchev–Trinajstić information content (AvgIpc) is 3.26. The molecule has 2 nitrogen and oxygen atoms in total. The van der Waals surface area contributed by atoms with Gasteiger partial charge in [-0.05, 0) is 0 Å². The fourth-order valence-corrected chi connectivity index (χ4v) is 9.59. The summed E-state index contributed by atoms with van der Waals surface area (Å²) in [6, 6.07) is 32.8. The zero-order valence-corrected chi connectivity index (χ0v) is 16.0. The van der Waals surface area contributed by atoms with Crippen LogP contribution in [0, 0.1) is 0 Å². The van der Waals surface area contributed by atoms with Crippen molar-refractivity contribution in [2.45, 2.75) is 18.9 Å². The zero-order valence-electron chi connectivity index (χ0n) is 15.0. The van der Waals surface area contributed by atoms with Gasteiger partial charge in [-0.15, -0.1) is 0 Å². The van der Waals surface area contributed by atoms with Crippen LogP contribution in [0.25, 0.3) is 0 Å². The Kier molecular flexibility index (Phi) is 5.17. The van der Waals surface area contributed by atoms with Gasteiger partial charge < -0.3 is 0 Å². The van der Waals surface area contributed by atoms with Gasteiger partial charge in [0.25, 0.3) is 0 Å². The van der Waals surface area contributed by atoms with Gasteiger partial charge in [0.15, 0.2) is 0 Å². The van der Waals surface area contributed by atoms with Gasteiger partial charge in [0, 0.05) is 0 Å². The molecule has 3 aromatic carbocycles. The van der Waals surface area contributed by atoms with Crippen LogP contribution in [-0.2, 0) is 9.47 Å². The van der Waals surface area contributed by atoms with Crippen molar-refractivity contribution in [3.05, 3.63) is 91.0 Å². The van der Waals surface area contributed by atoms with Crippen molar-refractivity contribution in [1.82, 2.24) is 0 Å². The van der Waals surface area contributed by atoms with Crippen LogP contribution >= 0.6 is 7.26 Å². The second-order valence-electron chi connectivity index (χ2n) is 6.80. The molecule has 0 spiro atoms. The van der Waals surface area contributed by atoms with E-state index in [0.717, 1.165) is 0 Å². The first-order valence-electron chi connectivity index (χ1n) is 9.23. The summed E-state index contributed by atoms with van der Waals surface area (Å²) >= 11 is 0. The predicted octanol–water partition coefficient (Wildman–Crippen LogP) is 3.47. The monoisotopic (exact) mass is 364 g/mol. The van der Waals surface area contributed by atoms with Crippen LogP contribution in [0.5, 0.6) is 0 Å². The first-order valence-corrected chi connectivity index (χ1v) is 11.3. The molecule has 4 rings (SSSR count). The Hall–Kier alpha value is -1.99. The van der Waals surface area contributed by atoms with E-state index in [4.69, 9.17) is 9.47 Å². The molecule has 0 aliphatic carbocycles. The summed E-state index contributed by atoms with van der Waals surface area (Å²) in [5.41, 5.74) is 0.247. The van der Waals surface area contributed by atoms with Gasteiger partial charge in [-0.2, -0.15) is 0 Å². The summed E-state index contributed by atoms with van der Waals surface area (Å²) in [5, 5.41) is 4.18. The Balaban J connectivity index is 2.00. The molecule has 0 aromatic heterocycles. The minimum absolute atomic E-state index is 0.165. The first-order chi connectivity index (χ1) is 12.8. The molecule has 1 unspecified atom stereocenters. The van der Waals surface area contributed by atoms with Gasteiger partial charge in [0.2, 0.25) is 0 Å². The van der Waals surface area contributed by atoms with Gasteiger partial charge in [0.1, 0.15) is 0 Å². The zero-order chi connectivity index (χ0) is 17.8. The SMILES string of the molecule is CC(C1OCCO1)[PH](c1ccccc1)(c1ccccc1)c1ccccc1. The van der Waals surface area contributed by atoms with Crippen molar-refractivity contribution in [2.75, 3.05) is 13.2 Å². The molecule has 1 saturated heterocycles. The van der Waals surface area contributed by atoms with E-state index in [1.807, 2.05) is 0 Å². The Morgan fingerprint density at radius 1 is 0.654 bits per heavy atom. The summed E-state index contributed by atoms with van der Waals surface area (Å²) in [4.78, 5) is 0. The van der Waals surface area contributed by atoms with Crippen molar-refractivity contribution in [2.24, 2.45) is 0 Å². The van der Waals surface area contributed by atoms with Crippen molar-refractivity contribution in [3.8, 4) is 0 Å². The molecule has 134 valence electrons. The molecular formula is C23H25O2P. The number of hydrogen-bond acceptors (Lipinski definition) is 2. The molecule has 0 radical (unpaired) electrons. The molecule has 1 atom stereocenters. The van der Waals surface area contributed by atoms with Crippen molar-refractivity contribution in [1.29, 1.82) is 0 Å². The fraction of sp³-hybridized carbons (Fsp3) is 0.217. The first kappa shape index (κ1) is 17.4. The molecule has 26 heavy (non-hydrogen) atoms. The Bertz CT molecular complexity index is 718. The number of benzene rings is 3. The maximum absolute atomic E-state index is 6.00. The normalized spacial score (nSPS) is 17.1. The van der Waals surface area contributed by atoms with E-state index in [1.54, 1.807) is 0 Å². The summed E-state index contributed by atoms with van der Waals surface area (Å²) in [6.45, 7) is 3.66. The van der Waals surface area contributed by atoms with E-state index < -0.39 is 7.26 Å². The van der Waals surface area contributed by atoms with Crippen LogP contribution in [0.15, 0.2) is 91.0 Å². The van der Waals surface area contributed by atoms with Crippen molar-refractivity contribution < 1.29 is 9.47 Å². The predicted molar refractivity (Wildman–Crippen MR) is 112 cm³/mol. The molecule has 0 amide bonds. The van der Waals surface area contributed by atoms with Gasteiger partial charge in [0.05, 0.1) is 0 Å². The third kappa shape index (κ3) is 2.99. The van der Waals surface area contributed by atoms with E-state index in [-0.39, 0.29) is 11.9 Å². The van der Waals surface area contributed by atoms with Crippen LogP contribution in [0.4, 0.5) is 0 Å². The summed E-state index contributed by atoms with van der Waals surface area (Å²) < 4.78 is 12.0. The molecule has 3 aromatic rings. The summed E-state index contributed by atoms with van der Waals surface area (Å²) in [5.74, 6) is 0. The Labute approximate surface area is 156 Å². The van der Waals surface area contributed by atoms with Crippen LogP contribution in [-0.4, -0.2) is 25.2 Å². The van der Waals surface area contributed by atoms with E-state index in [2.05, 4.69) is 97.9 Å². The maximum atomic E-state index is 6.00. The third-order valence-electron chi connectivity index (χ3n) is 5.43. The molecule has 0 saturated carbocycles. The second-order valence-corrected chi connectivity index (χ2v) is 11.1. The average molecular weight is 364 g/mol. The summed E-state index contributed by atoms with van der Waals surface area (Å²) in [6.07, 6.45) is -0.165. The van der Waals surface area contributed by atoms with Crippen LogP contribution in [0.2, 0.25) is 0 Å². The molecule has 1 fully saturated rings. The van der Waals surface area contributed by atoms with E-state index in [9.17, 15) is 0 Å². The molecule has 0 N–H and O–H groups in total. The molecule has 3 heteroatoms. The van der Waals surface area contributed by atoms with Crippen molar-refractivity contribution in [3.63, 3.8) is 0 Å². The minimum atomic E-state index is -2.34. The van der Waals surface area contributed by atoms with E-state index in [1.165, 1.54) is 15.9 Å². The second kappa shape index (κ2) is 7.72. The molecule has 1 aliphatic heterocycles. The quantitative estimate of drug-likeness (QED) is 0.646. The fourth-order valence-electron chi connectivity index (χ4n) is 4.26. The molecule has 0 bridgehead atoms. The van der Waals surface area contributed by atoms with Crippen LogP contribution < -0.4 is 15.9 Å². The summed E-state index contributed by atoms with van der Waals surface area (Å²) in [7, 11) is -2.34. The standard InChI is InChI=1S/C23H25O2P/c1-19(23-24-17-18-25-23)26(20-11-5-2-6-12-20,21-13-7-3-8-14-21)22-15-9-4-10-16-22/h2-16,19,23,26H,17-18H2,1H3. The van der Waals surface area contributed by atoms with Gasteiger partial charge in [-0.3, -0.25) is 0 Å². The number of rotatable bonds is 5. The molecule has 1 heterocycles. The third-order valence-corrected chi connectivity index (χ3v) is 10.8. The molecule has 1 aliphatic rings. The van der Waals surface area contributed by atoms with Crippen LogP contribution in [0.3, 0.4) is 0 Å². The van der Waals surface area contributed by atoms with Gasteiger partial charge in [-0.1, -0.05) is 0 Å². The van der Waals surface area contributed by atoms with Gasteiger partial charge >= 0.3 is 156 Å². The van der Waals surface area contributed by atoms with E-state index in [0.29, 0.717) is 13.2 Å². The molecular weight excluding hydrogens is 339 g/mol. The number of ether oxygens (including phenoxy) is 2. The van der Waals surface area contributed by atoms with Crippen LogP contribution in [0.1, 0.15) is 6.92 Å².